The van der Waals surface area contributed by atoms with E-state index >= 15 is 0 Å². The number of benzene rings is 2. The van der Waals surface area contributed by atoms with Crippen molar-refractivity contribution in [3.05, 3.63) is 120 Å². The largest absolute Gasteiger partial charge is 0.471 e. The van der Waals surface area contributed by atoms with E-state index in [1.54, 1.807) is 43.9 Å². The molecule has 1 N–H and O–H groups in total. The number of ether oxygens (including phenoxy) is 2. The molecule has 2 fully saturated rings. The summed E-state index contributed by atoms with van der Waals surface area (Å²) in [7, 11) is 0. The van der Waals surface area contributed by atoms with E-state index < -0.39 is 36.5 Å². The lowest BCUT2D eigenvalue weighted by atomic mass is 10.2. The summed E-state index contributed by atoms with van der Waals surface area (Å²) >= 11 is 0. The van der Waals surface area contributed by atoms with E-state index in [2.05, 4.69) is 24.6 Å². The molecule has 16 nitrogen and oxygen atoms in total. The Bertz CT molecular complexity index is 2290. The Balaban J connectivity index is 0.000000210. The number of hydrogen-bond donors (Lipinski definition) is 1. The van der Waals surface area contributed by atoms with Crippen LogP contribution >= 0.6 is 0 Å². The Hall–Kier alpha value is -6.94. The molecule has 2 saturated heterocycles. The Morgan fingerprint density at radius 3 is 1.54 bits per heavy atom. The highest BCUT2D eigenvalue weighted by atomic mass is 19.4. The normalized spacial score (nSPS) is 14.3. The first-order valence-electron chi connectivity index (χ1n) is 19.2. The number of amides is 5. The first-order chi connectivity index (χ1) is 30.2. The molecule has 0 unspecified atom stereocenters. The van der Waals surface area contributed by atoms with Crippen LogP contribution in [0.1, 0.15) is 27.5 Å². The van der Waals surface area contributed by atoms with Crippen LogP contribution in [-0.2, 0) is 33.5 Å². The third-order valence-electron chi connectivity index (χ3n) is 9.33. The van der Waals surface area contributed by atoms with E-state index in [0.717, 1.165) is 5.69 Å². The molecular weight excluding hydrogens is 844 g/mol. The van der Waals surface area contributed by atoms with E-state index in [-0.39, 0.29) is 42.4 Å². The molecular formula is C41H39F6N9O7. The molecule has 5 aromatic rings. The van der Waals surface area contributed by atoms with Crippen LogP contribution in [0.5, 0.6) is 0 Å². The third-order valence-corrected chi connectivity index (χ3v) is 9.33. The van der Waals surface area contributed by atoms with Crippen molar-refractivity contribution >= 4 is 35.1 Å². The predicted octanol–water partition coefficient (Wildman–Crippen LogP) is 6.01. The number of anilines is 2. The molecule has 0 saturated carbocycles. The number of aromatic nitrogens is 4. The number of Topliss-reactive ketones (excluding diaryl/α,β-unsaturated/α-hetero) is 1. The van der Waals surface area contributed by atoms with Crippen LogP contribution in [0, 0.1) is 0 Å². The lowest BCUT2D eigenvalue weighted by Gasteiger charge is -2.33. The number of pyridine rings is 2. The summed E-state index contributed by atoms with van der Waals surface area (Å²) in [5.41, 5.74) is 2.71. The number of halogens is 6. The van der Waals surface area contributed by atoms with Crippen molar-refractivity contribution < 1.29 is 59.4 Å². The first-order valence-corrected chi connectivity index (χ1v) is 19.2. The average Bonchev–Trinajstić information content (AvgIpc) is 3.82. The summed E-state index contributed by atoms with van der Waals surface area (Å²) in [5.74, 6) is -4.72. The van der Waals surface area contributed by atoms with Crippen LogP contribution in [0.15, 0.2) is 102 Å². The maximum Gasteiger partial charge on any atom is 0.471 e. The standard InChI is InChI=1S/C21H21F3N4O4.C20H18F3N5O3/c22-21(23,24)19(30)26-13-18(29)17-7-6-15(12-25-17)14-28(16-4-2-1-3-5-16)20(31)27-8-10-32-11-9-27;21-20(22,23)18-26-25-17(31-18)16-7-6-14(12-24-16)13-28(15-4-2-1-3-5-15)19(29)27-8-10-30-11-9-27/h1-7,12H,8-11,13-14H2,(H,26,30);1-7,12H,8-11,13H2. The molecule has 63 heavy (non-hydrogen) atoms. The number of morpholine rings is 2. The molecule has 5 amide bonds. The lowest BCUT2D eigenvalue weighted by molar-refractivity contribution is -0.173. The maximum absolute atomic E-state index is 13.1. The van der Waals surface area contributed by atoms with E-state index in [1.165, 1.54) is 29.8 Å². The number of carbonyl (C=O) groups is 4. The molecule has 2 aromatic carbocycles. The molecule has 0 aliphatic carbocycles. The van der Waals surface area contributed by atoms with Crippen molar-refractivity contribution in [3.8, 4) is 11.6 Å². The summed E-state index contributed by atoms with van der Waals surface area (Å²) in [4.78, 5) is 63.8. The summed E-state index contributed by atoms with van der Waals surface area (Å²) in [5, 5.41) is 7.92. The van der Waals surface area contributed by atoms with Crippen LogP contribution in [0.3, 0.4) is 0 Å². The van der Waals surface area contributed by atoms with Crippen LogP contribution in [-0.4, -0.2) is 119 Å². The van der Waals surface area contributed by atoms with E-state index in [0.29, 0.717) is 69.4 Å². The van der Waals surface area contributed by atoms with Crippen molar-refractivity contribution in [2.45, 2.75) is 25.4 Å². The number of alkyl halides is 6. The molecule has 0 bridgehead atoms. The number of rotatable bonds is 10. The van der Waals surface area contributed by atoms with Crippen molar-refractivity contribution in [1.82, 2.24) is 35.3 Å². The van der Waals surface area contributed by atoms with Crippen LogP contribution < -0.4 is 15.1 Å². The molecule has 0 radical (unpaired) electrons. The van der Waals surface area contributed by atoms with Gasteiger partial charge in [-0.3, -0.25) is 29.4 Å². The highest BCUT2D eigenvalue weighted by molar-refractivity contribution is 5.98. The number of urea groups is 2. The van der Waals surface area contributed by atoms with Gasteiger partial charge in [-0.15, -0.1) is 10.2 Å². The van der Waals surface area contributed by atoms with Gasteiger partial charge in [0.2, 0.25) is 0 Å². The minimum atomic E-state index is -5.06. The van der Waals surface area contributed by atoms with Crippen molar-refractivity contribution in [2.24, 2.45) is 0 Å². The molecule has 7 rings (SSSR count). The van der Waals surface area contributed by atoms with Crippen LogP contribution in [0.4, 0.5) is 47.3 Å². The second kappa shape index (κ2) is 20.8. The summed E-state index contributed by atoms with van der Waals surface area (Å²) in [6, 6.07) is 23.9. The van der Waals surface area contributed by atoms with Gasteiger partial charge in [-0.25, -0.2) is 9.59 Å². The molecule has 0 atom stereocenters. The number of ketones is 1. The van der Waals surface area contributed by atoms with Gasteiger partial charge in [0.05, 0.1) is 46.1 Å². The fraction of sp³-hybridized carbons (Fsp3) is 0.317. The number of nitrogens with one attached hydrogen (secondary N) is 1. The second-order valence-electron chi connectivity index (χ2n) is 13.7. The van der Waals surface area contributed by atoms with Gasteiger partial charge >= 0.3 is 36.2 Å². The molecule has 2 aliphatic heterocycles. The topological polar surface area (TPSA) is 176 Å². The smallest absolute Gasteiger partial charge is 0.411 e. The highest BCUT2D eigenvalue weighted by Gasteiger charge is 2.39. The van der Waals surface area contributed by atoms with Crippen molar-refractivity contribution in [1.29, 1.82) is 0 Å². The molecule has 3 aromatic heterocycles. The first kappa shape index (κ1) is 45.6. The minimum Gasteiger partial charge on any atom is -0.411 e. The van der Waals surface area contributed by atoms with E-state index in [9.17, 15) is 45.5 Å². The zero-order valence-electron chi connectivity index (χ0n) is 33.2. The van der Waals surface area contributed by atoms with Gasteiger partial charge in [0.1, 0.15) is 11.4 Å². The monoisotopic (exact) mass is 883 g/mol. The summed E-state index contributed by atoms with van der Waals surface area (Å²) in [6.45, 7) is 3.39. The lowest BCUT2D eigenvalue weighted by Crippen LogP contribution is -2.48. The molecule has 0 spiro atoms. The predicted molar refractivity (Wildman–Crippen MR) is 211 cm³/mol. The Labute approximate surface area is 355 Å². The van der Waals surface area contributed by atoms with E-state index in [4.69, 9.17) is 9.47 Å². The molecule has 22 heteroatoms. The highest BCUT2D eigenvalue weighted by Crippen LogP contribution is 2.30. The van der Waals surface area contributed by atoms with Crippen LogP contribution in [0.2, 0.25) is 0 Å². The number of hydrogen-bond acceptors (Lipinski definition) is 11. The van der Waals surface area contributed by atoms with Crippen molar-refractivity contribution in [3.63, 3.8) is 0 Å². The Kier molecular flexibility index (Phi) is 15.0. The Morgan fingerprint density at radius 1 is 0.635 bits per heavy atom. The molecule has 2 aliphatic rings. The van der Waals surface area contributed by atoms with Crippen LogP contribution in [0.25, 0.3) is 11.6 Å². The zero-order valence-corrected chi connectivity index (χ0v) is 33.2. The van der Waals surface area contributed by atoms with Gasteiger partial charge in [-0.1, -0.05) is 48.5 Å². The fourth-order valence-corrected chi connectivity index (χ4v) is 6.09. The van der Waals surface area contributed by atoms with Gasteiger partial charge in [-0.2, -0.15) is 26.3 Å². The SMILES string of the molecule is O=C(CNC(=O)C(F)(F)F)c1ccc(CN(C(=O)N2CCOCC2)c2ccccc2)cn1.O=C(N1CCOCC1)N(Cc1ccc(-c2nnc(C(F)(F)F)o2)nc1)c1ccccc1. The van der Waals surface area contributed by atoms with Gasteiger partial charge < -0.3 is 29.0 Å². The summed E-state index contributed by atoms with van der Waals surface area (Å²) in [6.07, 6.45) is -6.94. The van der Waals surface area contributed by atoms with Gasteiger partial charge in [0.25, 0.3) is 5.89 Å². The van der Waals surface area contributed by atoms with E-state index in [1.807, 2.05) is 48.5 Å². The van der Waals surface area contributed by atoms with Gasteiger partial charge in [-0.05, 0) is 47.5 Å². The number of nitrogens with zero attached hydrogens (tertiary/aromatic N) is 8. The average molecular weight is 884 g/mol. The van der Waals surface area contributed by atoms with Gasteiger partial charge in [0, 0.05) is 49.9 Å². The number of para-hydroxylation sites is 2. The zero-order chi connectivity index (χ0) is 45.0. The molecule has 5 heterocycles. The quantitative estimate of drug-likeness (QED) is 0.128. The van der Waals surface area contributed by atoms with Gasteiger partial charge in [0.15, 0.2) is 5.78 Å². The molecule has 332 valence electrons. The Morgan fingerprint density at radius 2 is 1.13 bits per heavy atom. The maximum atomic E-state index is 13.1. The fourth-order valence-electron chi connectivity index (χ4n) is 6.09. The second-order valence-corrected chi connectivity index (χ2v) is 13.7. The third kappa shape index (κ3) is 12.6. The number of carbonyl (C=O) groups excluding carboxylic acids is 4. The minimum absolute atomic E-state index is 0.0954. The summed E-state index contributed by atoms with van der Waals surface area (Å²) < 4.78 is 89.9. The van der Waals surface area contributed by atoms with Crippen molar-refractivity contribution in [2.75, 3.05) is 69.0 Å².